The fourth-order valence-corrected chi connectivity index (χ4v) is 3.68. The van der Waals surface area contributed by atoms with E-state index in [0.29, 0.717) is 43.4 Å². The van der Waals surface area contributed by atoms with Crippen molar-refractivity contribution < 1.29 is 22.7 Å². The quantitative estimate of drug-likeness (QED) is 0.723. The average Bonchev–Trinajstić information content (AvgIpc) is 2.69. The number of likely N-dealkylation sites (N-methyl/N-ethyl adjacent to an activating group) is 2. The predicted octanol–water partition coefficient (Wildman–Crippen LogP) is 3.11. The zero-order chi connectivity index (χ0) is 21.4. The molecule has 30 heavy (non-hydrogen) atoms. The average molecular weight is 421 g/mol. The van der Waals surface area contributed by atoms with Gasteiger partial charge in [0, 0.05) is 44.1 Å². The van der Waals surface area contributed by atoms with E-state index < -0.39 is 17.5 Å². The summed E-state index contributed by atoms with van der Waals surface area (Å²) >= 11 is 0. The molecule has 0 bridgehead atoms. The van der Waals surface area contributed by atoms with Crippen LogP contribution in [0.25, 0.3) is 0 Å². The summed E-state index contributed by atoms with van der Waals surface area (Å²) in [4.78, 5) is 24.7. The molecular weight excluding hydrogens is 399 g/mol. The molecule has 0 atom stereocenters. The Morgan fingerprint density at radius 3 is 2.50 bits per heavy atom. The van der Waals surface area contributed by atoms with Crippen LogP contribution in [-0.2, 0) is 4.79 Å². The lowest BCUT2D eigenvalue weighted by Gasteiger charge is -2.37. The highest BCUT2D eigenvalue weighted by Crippen LogP contribution is 2.33. The van der Waals surface area contributed by atoms with Gasteiger partial charge in [-0.25, -0.2) is 18.2 Å². The van der Waals surface area contributed by atoms with Crippen molar-refractivity contribution >= 4 is 23.4 Å². The van der Waals surface area contributed by atoms with E-state index in [-0.39, 0.29) is 30.3 Å². The second kappa shape index (κ2) is 8.00. The molecule has 1 aromatic carbocycles. The molecule has 1 aromatic heterocycles. The van der Waals surface area contributed by atoms with Crippen molar-refractivity contribution in [3.05, 3.63) is 35.8 Å². The standard InChI is InChI=1S/C20H22F3N5O2/c1-3-27-10-17(29)28(4-2)16-9-24-20(26-19(16)27)25-11-5-12(6-11)30-13-7-14(21)18(23)15(22)8-13/h7-9,11-12H,3-6,10H2,1-2H3,(H,24,25,26). The lowest BCUT2D eigenvalue weighted by atomic mass is 9.89. The summed E-state index contributed by atoms with van der Waals surface area (Å²) in [7, 11) is 0. The van der Waals surface area contributed by atoms with Crippen LogP contribution in [0.4, 0.5) is 30.6 Å². The molecule has 2 aliphatic rings. The summed E-state index contributed by atoms with van der Waals surface area (Å²) in [6.45, 7) is 5.34. The first-order valence-corrected chi connectivity index (χ1v) is 9.89. The molecule has 2 aromatic rings. The number of ether oxygens (including phenoxy) is 1. The molecule has 160 valence electrons. The number of carbonyl (C=O) groups excluding carboxylic acids is 1. The predicted molar refractivity (Wildman–Crippen MR) is 105 cm³/mol. The van der Waals surface area contributed by atoms with Gasteiger partial charge in [0.25, 0.3) is 0 Å². The maximum absolute atomic E-state index is 13.3. The van der Waals surface area contributed by atoms with Crippen LogP contribution >= 0.6 is 0 Å². The minimum Gasteiger partial charge on any atom is -0.490 e. The maximum Gasteiger partial charge on any atom is 0.246 e. The Balaban J connectivity index is 1.39. The van der Waals surface area contributed by atoms with Gasteiger partial charge in [0.05, 0.1) is 12.7 Å². The third kappa shape index (κ3) is 3.73. The van der Waals surface area contributed by atoms with Crippen LogP contribution in [0.2, 0.25) is 0 Å². The summed E-state index contributed by atoms with van der Waals surface area (Å²) in [6, 6.07) is 1.71. The first kappa shape index (κ1) is 20.2. The molecule has 1 N–H and O–H groups in total. The molecule has 0 spiro atoms. The third-order valence-corrected chi connectivity index (χ3v) is 5.35. The van der Waals surface area contributed by atoms with Gasteiger partial charge in [0.1, 0.15) is 17.5 Å². The molecule has 0 radical (unpaired) electrons. The van der Waals surface area contributed by atoms with E-state index in [0.717, 1.165) is 12.1 Å². The number of halogens is 3. The van der Waals surface area contributed by atoms with Crippen molar-refractivity contribution in [1.82, 2.24) is 9.97 Å². The molecule has 1 aliphatic heterocycles. The number of hydrogen-bond donors (Lipinski definition) is 1. The van der Waals surface area contributed by atoms with E-state index >= 15 is 0 Å². The van der Waals surface area contributed by atoms with E-state index in [2.05, 4.69) is 15.3 Å². The van der Waals surface area contributed by atoms with Gasteiger partial charge < -0.3 is 19.9 Å². The molecule has 0 saturated heterocycles. The van der Waals surface area contributed by atoms with Gasteiger partial charge in [-0.3, -0.25) is 4.79 Å². The summed E-state index contributed by atoms with van der Waals surface area (Å²) < 4.78 is 45.2. The number of nitrogens with one attached hydrogen (secondary N) is 1. The van der Waals surface area contributed by atoms with Gasteiger partial charge in [0.15, 0.2) is 23.3 Å². The van der Waals surface area contributed by atoms with Crippen molar-refractivity contribution in [3.8, 4) is 5.75 Å². The number of hydrogen-bond acceptors (Lipinski definition) is 6. The summed E-state index contributed by atoms with van der Waals surface area (Å²) in [5.74, 6) is -2.93. The molecule has 1 fully saturated rings. The molecule has 1 aliphatic carbocycles. The van der Waals surface area contributed by atoms with E-state index in [1.165, 1.54) is 0 Å². The van der Waals surface area contributed by atoms with Crippen molar-refractivity contribution in [3.63, 3.8) is 0 Å². The summed E-state index contributed by atoms with van der Waals surface area (Å²) in [5, 5.41) is 3.22. The number of nitrogens with zero attached hydrogens (tertiary/aromatic N) is 4. The Labute approximate surface area is 171 Å². The minimum absolute atomic E-state index is 0.0174. The Hall–Kier alpha value is -3.04. The fraction of sp³-hybridized carbons (Fsp3) is 0.450. The second-order valence-corrected chi connectivity index (χ2v) is 7.31. The first-order chi connectivity index (χ1) is 14.4. The SMILES string of the molecule is CCN1CC(=O)N(CC)c2cnc(NC3CC(Oc4cc(F)c(F)c(F)c4)C3)nc21. The number of carbonyl (C=O) groups is 1. The first-order valence-electron chi connectivity index (χ1n) is 9.89. The van der Waals surface area contributed by atoms with Gasteiger partial charge in [-0.2, -0.15) is 4.98 Å². The molecule has 1 amide bonds. The highest BCUT2D eigenvalue weighted by molar-refractivity contribution is 6.02. The number of rotatable bonds is 6. The molecular formula is C20H22F3N5O2. The largest absolute Gasteiger partial charge is 0.490 e. The lowest BCUT2D eigenvalue weighted by Crippen LogP contribution is -2.46. The van der Waals surface area contributed by atoms with Crippen LogP contribution in [0.1, 0.15) is 26.7 Å². The van der Waals surface area contributed by atoms with Crippen LogP contribution in [0.15, 0.2) is 18.3 Å². The van der Waals surface area contributed by atoms with E-state index in [1.54, 1.807) is 11.1 Å². The van der Waals surface area contributed by atoms with Gasteiger partial charge in [-0.15, -0.1) is 0 Å². The number of aromatic nitrogens is 2. The topological polar surface area (TPSA) is 70.6 Å². The van der Waals surface area contributed by atoms with Crippen molar-refractivity contribution in [2.75, 3.05) is 34.8 Å². The van der Waals surface area contributed by atoms with Crippen LogP contribution < -0.4 is 19.9 Å². The zero-order valence-electron chi connectivity index (χ0n) is 16.7. The van der Waals surface area contributed by atoms with Crippen LogP contribution in [-0.4, -0.2) is 47.7 Å². The zero-order valence-corrected chi connectivity index (χ0v) is 16.7. The van der Waals surface area contributed by atoms with Gasteiger partial charge in [-0.05, 0) is 13.8 Å². The summed E-state index contributed by atoms with van der Waals surface area (Å²) in [5.41, 5.74) is 0.691. The number of benzene rings is 1. The fourth-order valence-electron chi connectivity index (χ4n) is 3.68. The van der Waals surface area contributed by atoms with Gasteiger partial charge in [0.2, 0.25) is 11.9 Å². The molecule has 2 heterocycles. The highest BCUT2D eigenvalue weighted by atomic mass is 19.2. The number of anilines is 3. The second-order valence-electron chi connectivity index (χ2n) is 7.31. The smallest absolute Gasteiger partial charge is 0.246 e. The molecule has 10 heteroatoms. The van der Waals surface area contributed by atoms with Crippen LogP contribution in [0.5, 0.6) is 5.75 Å². The summed E-state index contributed by atoms with van der Waals surface area (Å²) in [6.07, 6.45) is 2.56. The minimum atomic E-state index is -1.51. The molecule has 4 rings (SSSR count). The number of amides is 1. The van der Waals surface area contributed by atoms with Gasteiger partial charge >= 0.3 is 0 Å². The van der Waals surface area contributed by atoms with Crippen molar-refractivity contribution in [2.45, 2.75) is 38.8 Å². The Morgan fingerprint density at radius 1 is 1.17 bits per heavy atom. The Kier molecular flexibility index (Phi) is 5.40. The third-order valence-electron chi connectivity index (χ3n) is 5.35. The molecule has 1 saturated carbocycles. The van der Waals surface area contributed by atoms with Gasteiger partial charge in [-0.1, -0.05) is 0 Å². The molecule has 0 unspecified atom stereocenters. The Bertz CT molecular complexity index is 944. The van der Waals surface area contributed by atoms with E-state index in [4.69, 9.17) is 4.74 Å². The van der Waals surface area contributed by atoms with E-state index in [9.17, 15) is 18.0 Å². The maximum atomic E-state index is 13.3. The van der Waals surface area contributed by atoms with E-state index in [1.807, 2.05) is 18.7 Å². The van der Waals surface area contributed by atoms with Crippen molar-refractivity contribution in [2.24, 2.45) is 0 Å². The van der Waals surface area contributed by atoms with Crippen molar-refractivity contribution in [1.29, 1.82) is 0 Å². The highest BCUT2D eigenvalue weighted by Gasteiger charge is 2.33. The Morgan fingerprint density at radius 2 is 1.87 bits per heavy atom. The number of fused-ring (bicyclic) bond motifs is 1. The van der Waals surface area contributed by atoms with Crippen LogP contribution in [0, 0.1) is 17.5 Å². The lowest BCUT2D eigenvalue weighted by molar-refractivity contribution is -0.117. The molecule has 7 nitrogen and oxygen atoms in total. The monoisotopic (exact) mass is 421 g/mol. The normalized spacial score (nSPS) is 20.6. The van der Waals surface area contributed by atoms with Crippen LogP contribution in [0.3, 0.4) is 0 Å².